The Balaban J connectivity index is 1.95. The van der Waals surface area contributed by atoms with Crippen molar-refractivity contribution >= 4 is 17.8 Å². The molecule has 0 saturated heterocycles. The number of carbonyl (C=O) groups excluding carboxylic acids is 2. The first kappa shape index (κ1) is 17.7. The van der Waals surface area contributed by atoms with E-state index in [2.05, 4.69) is 4.99 Å². The molecule has 6 nitrogen and oxygen atoms in total. The normalized spacial score (nSPS) is 19.1. The van der Waals surface area contributed by atoms with Crippen LogP contribution in [-0.4, -0.2) is 30.5 Å². The van der Waals surface area contributed by atoms with Crippen LogP contribution in [0.25, 0.3) is 0 Å². The van der Waals surface area contributed by atoms with Crippen LogP contribution in [0.4, 0.5) is 0 Å². The van der Waals surface area contributed by atoms with E-state index < -0.39 is 23.4 Å². The Labute approximate surface area is 151 Å². The smallest absolute Gasteiger partial charge is 0.352 e. The molecule has 0 saturated carbocycles. The molecule has 1 aliphatic heterocycles. The predicted molar refractivity (Wildman–Crippen MR) is 95.3 cm³/mol. The minimum absolute atomic E-state index is 0.0939. The zero-order valence-electron chi connectivity index (χ0n) is 14.8. The van der Waals surface area contributed by atoms with Crippen LogP contribution in [-0.2, 0) is 14.3 Å². The second-order valence-electron chi connectivity index (χ2n) is 6.16. The van der Waals surface area contributed by atoms with Crippen molar-refractivity contribution in [3.63, 3.8) is 0 Å². The van der Waals surface area contributed by atoms with Gasteiger partial charge in [-0.05, 0) is 36.4 Å². The van der Waals surface area contributed by atoms with E-state index in [1.54, 1.807) is 75.6 Å². The fourth-order valence-corrected chi connectivity index (χ4v) is 2.65. The molecule has 0 amide bonds. The van der Waals surface area contributed by atoms with Crippen LogP contribution in [0.2, 0.25) is 0 Å². The summed E-state index contributed by atoms with van der Waals surface area (Å²) < 4.78 is 15.8. The molecule has 0 aliphatic carbocycles. The highest BCUT2D eigenvalue weighted by Gasteiger charge is 2.57. The third kappa shape index (κ3) is 3.06. The summed E-state index contributed by atoms with van der Waals surface area (Å²) in [5.41, 5.74) is -1.15. The first-order valence-corrected chi connectivity index (χ1v) is 8.21. The molecule has 1 heterocycles. The van der Waals surface area contributed by atoms with Crippen LogP contribution in [0.5, 0.6) is 11.5 Å². The molecule has 1 atom stereocenters. The van der Waals surface area contributed by atoms with Gasteiger partial charge in [-0.1, -0.05) is 32.0 Å². The van der Waals surface area contributed by atoms with E-state index in [0.717, 1.165) is 0 Å². The van der Waals surface area contributed by atoms with Crippen molar-refractivity contribution in [1.82, 2.24) is 0 Å². The number of para-hydroxylation sites is 1. The SMILES string of the molecule is COc1ccc(C2=N[C@](C(=O)Oc3ccccc3)(C(C)C)C(=O)O2)cc1. The van der Waals surface area contributed by atoms with Gasteiger partial charge in [0, 0.05) is 11.5 Å². The van der Waals surface area contributed by atoms with Gasteiger partial charge in [0.15, 0.2) is 0 Å². The van der Waals surface area contributed by atoms with Gasteiger partial charge in [0.25, 0.3) is 5.54 Å². The molecule has 134 valence electrons. The lowest BCUT2D eigenvalue weighted by molar-refractivity contribution is -0.154. The molecule has 3 rings (SSSR count). The average molecular weight is 353 g/mol. The van der Waals surface area contributed by atoms with Crippen molar-refractivity contribution in [3.05, 3.63) is 60.2 Å². The molecular weight excluding hydrogens is 334 g/mol. The maximum absolute atomic E-state index is 12.8. The molecule has 2 aromatic carbocycles. The molecular formula is C20H19NO5. The standard InChI is InChI=1S/C20H19NO5/c1-13(2)20(18(22)25-16-7-5-4-6-8-16)19(23)26-17(21-20)14-9-11-15(24-3)12-10-14/h4-13H,1-3H3/t20-/m0/s1. The first-order valence-electron chi connectivity index (χ1n) is 8.21. The topological polar surface area (TPSA) is 74.2 Å². The number of carbonyl (C=O) groups is 2. The van der Waals surface area contributed by atoms with Gasteiger partial charge >= 0.3 is 11.9 Å². The maximum Gasteiger partial charge on any atom is 0.352 e. The molecule has 0 bridgehead atoms. The first-order chi connectivity index (χ1) is 12.5. The maximum atomic E-state index is 12.8. The number of nitrogens with zero attached hydrogens (tertiary/aromatic N) is 1. The van der Waals surface area contributed by atoms with Crippen LogP contribution in [0.1, 0.15) is 19.4 Å². The monoisotopic (exact) mass is 353 g/mol. The highest BCUT2D eigenvalue weighted by molar-refractivity contribution is 6.17. The molecule has 6 heteroatoms. The number of benzene rings is 2. The average Bonchev–Trinajstić information content (AvgIpc) is 3.01. The molecule has 0 N–H and O–H groups in total. The fraction of sp³-hybridized carbons (Fsp3) is 0.250. The summed E-state index contributed by atoms with van der Waals surface area (Å²) in [6.45, 7) is 3.46. The van der Waals surface area contributed by atoms with Gasteiger partial charge in [-0.3, -0.25) is 0 Å². The number of cyclic esters (lactones) is 1. The van der Waals surface area contributed by atoms with Gasteiger partial charge in [0.1, 0.15) is 11.5 Å². The van der Waals surface area contributed by atoms with Crippen LogP contribution in [0, 0.1) is 5.92 Å². The van der Waals surface area contributed by atoms with E-state index >= 15 is 0 Å². The van der Waals surface area contributed by atoms with Crippen LogP contribution in [0.3, 0.4) is 0 Å². The lowest BCUT2D eigenvalue weighted by Crippen LogP contribution is -2.49. The van der Waals surface area contributed by atoms with Gasteiger partial charge in [-0.2, -0.15) is 0 Å². The van der Waals surface area contributed by atoms with Crippen molar-refractivity contribution in [1.29, 1.82) is 0 Å². The van der Waals surface area contributed by atoms with Crippen molar-refractivity contribution < 1.29 is 23.8 Å². The Morgan fingerprint density at radius 3 is 2.27 bits per heavy atom. The summed E-state index contributed by atoms with van der Waals surface area (Å²) in [7, 11) is 1.56. The quantitative estimate of drug-likeness (QED) is 0.469. The number of ether oxygens (including phenoxy) is 3. The zero-order chi connectivity index (χ0) is 18.7. The summed E-state index contributed by atoms with van der Waals surface area (Å²) in [5, 5.41) is 0. The Hall–Kier alpha value is -3.15. The van der Waals surface area contributed by atoms with Crippen molar-refractivity contribution in [2.45, 2.75) is 19.4 Å². The van der Waals surface area contributed by atoms with Gasteiger partial charge in [-0.15, -0.1) is 0 Å². The Bertz CT molecular complexity index is 842. The minimum atomic E-state index is -1.73. The fourth-order valence-electron chi connectivity index (χ4n) is 2.65. The number of methoxy groups -OCH3 is 1. The van der Waals surface area contributed by atoms with E-state index in [-0.39, 0.29) is 5.90 Å². The van der Waals surface area contributed by atoms with E-state index in [4.69, 9.17) is 14.2 Å². The van der Waals surface area contributed by atoms with E-state index in [1.807, 2.05) is 0 Å². The van der Waals surface area contributed by atoms with E-state index in [0.29, 0.717) is 17.1 Å². The number of rotatable bonds is 5. The Morgan fingerprint density at radius 2 is 1.69 bits per heavy atom. The second-order valence-corrected chi connectivity index (χ2v) is 6.16. The van der Waals surface area contributed by atoms with Gasteiger partial charge in [0.05, 0.1) is 7.11 Å². The number of aliphatic imine (C=N–C) groups is 1. The second kappa shape index (κ2) is 7.00. The summed E-state index contributed by atoms with van der Waals surface area (Å²) in [4.78, 5) is 29.8. The zero-order valence-corrected chi connectivity index (χ0v) is 14.8. The van der Waals surface area contributed by atoms with Crippen LogP contribution in [0.15, 0.2) is 59.6 Å². The molecule has 0 fully saturated rings. The third-order valence-electron chi connectivity index (χ3n) is 4.22. The van der Waals surface area contributed by atoms with Crippen molar-refractivity contribution in [3.8, 4) is 11.5 Å². The van der Waals surface area contributed by atoms with E-state index in [1.165, 1.54) is 0 Å². The lowest BCUT2D eigenvalue weighted by atomic mass is 9.87. The molecule has 1 aliphatic rings. The number of hydrogen-bond acceptors (Lipinski definition) is 6. The lowest BCUT2D eigenvalue weighted by Gasteiger charge is -2.23. The van der Waals surface area contributed by atoms with E-state index in [9.17, 15) is 9.59 Å². The largest absolute Gasteiger partial charge is 0.497 e. The Morgan fingerprint density at radius 1 is 1.04 bits per heavy atom. The van der Waals surface area contributed by atoms with Gasteiger partial charge in [-0.25, -0.2) is 14.6 Å². The summed E-state index contributed by atoms with van der Waals surface area (Å²) >= 11 is 0. The van der Waals surface area contributed by atoms with Gasteiger partial charge in [0.2, 0.25) is 5.90 Å². The van der Waals surface area contributed by atoms with Crippen molar-refractivity contribution in [2.75, 3.05) is 7.11 Å². The summed E-state index contributed by atoms with van der Waals surface area (Å²) in [5.74, 6) is -0.833. The van der Waals surface area contributed by atoms with Crippen molar-refractivity contribution in [2.24, 2.45) is 10.9 Å². The third-order valence-corrected chi connectivity index (χ3v) is 4.22. The molecule has 26 heavy (non-hydrogen) atoms. The van der Waals surface area contributed by atoms with Crippen LogP contribution >= 0.6 is 0 Å². The number of hydrogen-bond donors (Lipinski definition) is 0. The number of esters is 2. The molecule has 0 radical (unpaired) electrons. The highest BCUT2D eigenvalue weighted by Crippen LogP contribution is 2.33. The predicted octanol–water partition coefficient (Wildman–Crippen LogP) is 3.00. The molecule has 0 unspecified atom stereocenters. The highest BCUT2D eigenvalue weighted by atomic mass is 16.6. The molecule has 2 aromatic rings. The Kier molecular flexibility index (Phi) is 4.75. The summed E-state index contributed by atoms with van der Waals surface area (Å²) in [6, 6.07) is 15.4. The summed E-state index contributed by atoms with van der Waals surface area (Å²) in [6.07, 6.45) is 0. The van der Waals surface area contributed by atoms with Gasteiger partial charge < -0.3 is 14.2 Å². The molecule has 0 aromatic heterocycles. The minimum Gasteiger partial charge on any atom is -0.497 e. The van der Waals surface area contributed by atoms with Crippen LogP contribution < -0.4 is 9.47 Å². The molecule has 0 spiro atoms.